The summed E-state index contributed by atoms with van der Waals surface area (Å²) in [5.41, 5.74) is 7.37. The van der Waals surface area contributed by atoms with Crippen LogP contribution in [0.15, 0.2) is 12.5 Å². The van der Waals surface area contributed by atoms with Gasteiger partial charge in [-0.15, -0.1) is 0 Å². The smallest absolute Gasteiger partial charge is 0.0948 e. The van der Waals surface area contributed by atoms with Gasteiger partial charge in [0.2, 0.25) is 0 Å². The van der Waals surface area contributed by atoms with Crippen LogP contribution in [0.3, 0.4) is 0 Å². The monoisotopic (exact) mass is 278 g/mol. The summed E-state index contributed by atoms with van der Waals surface area (Å²) < 4.78 is 2.27. The second kappa shape index (κ2) is 7.23. The summed E-state index contributed by atoms with van der Waals surface area (Å²) in [4.78, 5) is 6.84. The molecule has 0 aliphatic heterocycles. The van der Waals surface area contributed by atoms with Crippen LogP contribution in [0.25, 0.3) is 0 Å². The van der Waals surface area contributed by atoms with Crippen molar-refractivity contribution in [3.05, 3.63) is 18.2 Å². The predicted molar refractivity (Wildman–Crippen MR) is 83.5 cm³/mol. The second-order valence-corrected chi connectivity index (χ2v) is 6.26. The van der Waals surface area contributed by atoms with Gasteiger partial charge < -0.3 is 10.3 Å². The summed E-state index contributed by atoms with van der Waals surface area (Å²) in [6.45, 7) is 6.28. The number of aromatic nitrogens is 2. The number of likely N-dealkylation sites (N-methyl/N-ethyl adjacent to an activating group) is 1. The van der Waals surface area contributed by atoms with Crippen molar-refractivity contribution in [1.29, 1.82) is 0 Å². The lowest BCUT2D eigenvalue weighted by atomic mass is 9.84. The Morgan fingerprint density at radius 1 is 1.45 bits per heavy atom. The van der Waals surface area contributed by atoms with Crippen LogP contribution >= 0.6 is 0 Å². The van der Waals surface area contributed by atoms with E-state index in [1.165, 1.54) is 31.4 Å². The quantitative estimate of drug-likeness (QED) is 0.870. The molecule has 0 radical (unpaired) electrons. The fourth-order valence-corrected chi connectivity index (χ4v) is 3.66. The van der Waals surface area contributed by atoms with Crippen LogP contribution in [0.5, 0.6) is 0 Å². The highest BCUT2D eigenvalue weighted by Gasteiger charge is 2.30. The average Bonchev–Trinajstić information content (AvgIpc) is 2.89. The molecule has 0 amide bonds. The number of aryl methyl sites for hydroxylation is 1. The molecule has 3 atom stereocenters. The van der Waals surface area contributed by atoms with Crippen molar-refractivity contribution in [2.24, 2.45) is 11.7 Å². The molecule has 3 unspecified atom stereocenters. The zero-order valence-corrected chi connectivity index (χ0v) is 13.3. The molecule has 1 fully saturated rings. The first-order valence-electron chi connectivity index (χ1n) is 8.11. The summed E-state index contributed by atoms with van der Waals surface area (Å²) in [5, 5.41) is 0. The Labute approximate surface area is 123 Å². The minimum absolute atomic E-state index is 0.287. The molecule has 4 heteroatoms. The normalized spacial score (nSPS) is 25.1. The number of hydrogen-bond donors (Lipinski definition) is 1. The van der Waals surface area contributed by atoms with Crippen LogP contribution in [0.4, 0.5) is 0 Å². The largest absolute Gasteiger partial charge is 0.333 e. The zero-order chi connectivity index (χ0) is 14.5. The molecule has 0 spiro atoms. The van der Waals surface area contributed by atoms with E-state index in [1.54, 1.807) is 0 Å². The van der Waals surface area contributed by atoms with Crippen molar-refractivity contribution in [3.8, 4) is 0 Å². The van der Waals surface area contributed by atoms with Crippen LogP contribution in [-0.4, -0.2) is 34.1 Å². The summed E-state index contributed by atoms with van der Waals surface area (Å²) in [6.07, 6.45) is 10.5. The average molecular weight is 278 g/mol. The van der Waals surface area contributed by atoms with Gasteiger partial charge in [0.1, 0.15) is 0 Å². The third-order valence-electron chi connectivity index (χ3n) is 4.85. The van der Waals surface area contributed by atoms with Gasteiger partial charge in [0.05, 0.1) is 18.1 Å². The molecule has 0 saturated heterocycles. The van der Waals surface area contributed by atoms with E-state index in [-0.39, 0.29) is 6.04 Å². The molecule has 20 heavy (non-hydrogen) atoms. The maximum absolute atomic E-state index is 6.10. The summed E-state index contributed by atoms with van der Waals surface area (Å²) in [5.74, 6) is 0.769. The van der Waals surface area contributed by atoms with Gasteiger partial charge in [-0.05, 0) is 32.2 Å². The van der Waals surface area contributed by atoms with Crippen LogP contribution in [0, 0.1) is 5.92 Å². The fraction of sp³-hybridized carbons (Fsp3) is 0.812. The second-order valence-electron chi connectivity index (χ2n) is 6.26. The zero-order valence-electron chi connectivity index (χ0n) is 13.3. The number of imidazole rings is 1. The molecule has 0 aromatic carbocycles. The van der Waals surface area contributed by atoms with Crippen molar-refractivity contribution >= 4 is 0 Å². The molecule has 2 rings (SSSR count). The minimum Gasteiger partial charge on any atom is -0.333 e. The molecule has 4 nitrogen and oxygen atoms in total. The molecular formula is C16H30N4. The Morgan fingerprint density at radius 3 is 2.85 bits per heavy atom. The molecular weight excluding hydrogens is 248 g/mol. The fourth-order valence-electron chi connectivity index (χ4n) is 3.66. The molecule has 1 aliphatic rings. The van der Waals surface area contributed by atoms with Crippen LogP contribution in [0.1, 0.15) is 57.7 Å². The van der Waals surface area contributed by atoms with E-state index in [2.05, 4.69) is 35.3 Å². The van der Waals surface area contributed by atoms with Crippen molar-refractivity contribution in [1.82, 2.24) is 14.5 Å². The third-order valence-corrected chi connectivity index (χ3v) is 4.85. The van der Waals surface area contributed by atoms with E-state index in [0.717, 1.165) is 18.9 Å². The van der Waals surface area contributed by atoms with E-state index in [0.29, 0.717) is 12.6 Å². The van der Waals surface area contributed by atoms with E-state index in [1.807, 2.05) is 12.5 Å². The topological polar surface area (TPSA) is 47.1 Å². The van der Waals surface area contributed by atoms with Gasteiger partial charge in [0.15, 0.2) is 0 Å². The third kappa shape index (κ3) is 3.23. The van der Waals surface area contributed by atoms with Gasteiger partial charge in [0, 0.05) is 25.3 Å². The van der Waals surface area contributed by atoms with Gasteiger partial charge in [0.25, 0.3) is 0 Å². The Kier molecular flexibility index (Phi) is 5.61. The highest BCUT2D eigenvalue weighted by molar-refractivity contribution is 5.07. The number of nitrogens with zero attached hydrogens (tertiary/aromatic N) is 3. The van der Waals surface area contributed by atoms with E-state index in [4.69, 9.17) is 5.73 Å². The van der Waals surface area contributed by atoms with Crippen LogP contribution in [-0.2, 0) is 6.54 Å². The highest BCUT2D eigenvalue weighted by Crippen LogP contribution is 2.32. The van der Waals surface area contributed by atoms with E-state index in [9.17, 15) is 0 Å². The summed E-state index contributed by atoms with van der Waals surface area (Å²) >= 11 is 0. The summed E-state index contributed by atoms with van der Waals surface area (Å²) in [7, 11) is 2.24. The van der Waals surface area contributed by atoms with Crippen molar-refractivity contribution in [2.75, 3.05) is 13.6 Å². The van der Waals surface area contributed by atoms with Gasteiger partial charge in [-0.3, -0.25) is 4.90 Å². The first-order valence-corrected chi connectivity index (χ1v) is 8.11. The van der Waals surface area contributed by atoms with Gasteiger partial charge in [-0.2, -0.15) is 0 Å². The lowest BCUT2D eigenvalue weighted by Crippen LogP contribution is -2.44. The molecule has 1 aromatic rings. The highest BCUT2D eigenvalue weighted by atomic mass is 15.2. The Balaban J connectivity index is 2.15. The SMILES string of the molecule is CCCn1cncc1C(CN)N(C)C1CCCCC1C. The van der Waals surface area contributed by atoms with E-state index < -0.39 is 0 Å². The molecule has 1 aliphatic carbocycles. The lowest BCUT2D eigenvalue weighted by molar-refractivity contribution is 0.0956. The van der Waals surface area contributed by atoms with Crippen molar-refractivity contribution < 1.29 is 0 Å². The van der Waals surface area contributed by atoms with Gasteiger partial charge in [-0.1, -0.05) is 26.7 Å². The molecule has 1 saturated carbocycles. The Bertz CT molecular complexity index is 401. The molecule has 2 N–H and O–H groups in total. The molecule has 0 bridgehead atoms. The van der Waals surface area contributed by atoms with Crippen molar-refractivity contribution in [2.45, 2.75) is 64.6 Å². The van der Waals surface area contributed by atoms with Gasteiger partial charge in [-0.25, -0.2) is 4.98 Å². The Hall–Kier alpha value is -0.870. The molecule has 114 valence electrons. The van der Waals surface area contributed by atoms with Crippen molar-refractivity contribution in [3.63, 3.8) is 0 Å². The number of nitrogens with two attached hydrogens (primary N) is 1. The first kappa shape index (κ1) is 15.5. The van der Waals surface area contributed by atoms with Gasteiger partial charge >= 0.3 is 0 Å². The standard InChI is InChI=1S/C16H30N4/c1-4-9-20-12-18-11-16(20)15(10-17)19(3)14-8-6-5-7-13(14)2/h11-15H,4-10,17H2,1-3H3. The number of hydrogen-bond acceptors (Lipinski definition) is 3. The minimum atomic E-state index is 0.287. The predicted octanol–water partition coefficient (Wildman–Crippen LogP) is 2.80. The first-order chi connectivity index (χ1) is 9.69. The Morgan fingerprint density at radius 2 is 2.20 bits per heavy atom. The maximum Gasteiger partial charge on any atom is 0.0948 e. The van der Waals surface area contributed by atoms with Crippen LogP contribution < -0.4 is 5.73 Å². The lowest BCUT2D eigenvalue weighted by Gasteiger charge is -2.40. The maximum atomic E-state index is 6.10. The summed E-state index contributed by atoms with van der Waals surface area (Å²) in [6, 6.07) is 0.942. The molecule has 1 aromatic heterocycles. The number of rotatable bonds is 6. The van der Waals surface area contributed by atoms with Crippen LogP contribution in [0.2, 0.25) is 0 Å². The van der Waals surface area contributed by atoms with E-state index >= 15 is 0 Å². The molecule has 1 heterocycles.